The highest BCUT2D eigenvalue weighted by Gasteiger charge is 2.37. The number of carbonyl (C=O) groups is 2. The third-order valence-corrected chi connectivity index (χ3v) is 6.34. The molecule has 14 heteroatoms. The Morgan fingerprint density at radius 1 is 1.05 bits per heavy atom. The van der Waals surface area contributed by atoms with E-state index in [2.05, 4.69) is 31.3 Å². The smallest absolute Gasteiger partial charge is 0.366 e. The quantitative estimate of drug-likeness (QED) is 0.258. The maximum atomic E-state index is 14.1. The van der Waals surface area contributed by atoms with Gasteiger partial charge in [0.25, 0.3) is 5.91 Å². The molecule has 0 spiro atoms. The second-order valence-corrected chi connectivity index (χ2v) is 9.50. The molecule has 2 amide bonds. The summed E-state index contributed by atoms with van der Waals surface area (Å²) >= 11 is 2.77. The molecule has 0 bridgehead atoms. The number of pyridine rings is 1. The van der Waals surface area contributed by atoms with Crippen LogP contribution in [0.3, 0.4) is 0 Å². The van der Waals surface area contributed by atoms with Crippen LogP contribution in [0.5, 0.6) is 0 Å². The van der Waals surface area contributed by atoms with Crippen molar-refractivity contribution >= 4 is 27.7 Å². The molecular weight excluding hydrogens is 608 g/mol. The molecule has 0 aliphatic carbocycles. The van der Waals surface area contributed by atoms with Gasteiger partial charge in [-0.2, -0.15) is 18.3 Å². The Labute approximate surface area is 231 Å². The summed E-state index contributed by atoms with van der Waals surface area (Å²) in [6.45, 7) is -0.624. The lowest BCUT2D eigenvalue weighted by molar-refractivity contribution is -0.142. The molecular formula is C26H18BrF6N5O2. The molecule has 2 heterocycles. The number of rotatable bonds is 8. The number of carbonyl (C=O) groups excluding carboxylic acids is 2. The van der Waals surface area contributed by atoms with E-state index in [1.807, 2.05) is 0 Å². The molecule has 1 atom stereocenters. The summed E-state index contributed by atoms with van der Waals surface area (Å²) in [5.41, 5.74) is 4.81. The summed E-state index contributed by atoms with van der Waals surface area (Å²) in [6.07, 6.45) is -1.19. The molecule has 208 valence electrons. The van der Waals surface area contributed by atoms with E-state index < -0.39 is 59.3 Å². The van der Waals surface area contributed by atoms with Gasteiger partial charge in [-0.3, -0.25) is 19.3 Å². The number of hydrogen-bond acceptors (Lipinski definition) is 4. The van der Waals surface area contributed by atoms with Crippen LogP contribution in [0.1, 0.15) is 33.2 Å². The molecule has 0 unspecified atom stereocenters. The van der Waals surface area contributed by atoms with Gasteiger partial charge in [-0.25, -0.2) is 13.2 Å². The SMILES string of the molecule is NC(=O)c1cc(-c2ccncc2[C@H](Cc2cc(F)cc(F)c2)NC(=O)Cn2cc(Br)c(C(F)(F)F)n2)ccc1F. The first-order chi connectivity index (χ1) is 18.8. The number of nitrogens with one attached hydrogen (secondary N) is 1. The van der Waals surface area contributed by atoms with Crippen molar-refractivity contribution in [3.63, 3.8) is 0 Å². The van der Waals surface area contributed by atoms with Crippen LogP contribution in [0.15, 0.2) is 65.5 Å². The minimum absolute atomic E-state index is 0.149. The number of amides is 2. The highest BCUT2D eigenvalue weighted by Crippen LogP contribution is 2.34. The summed E-state index contributed by atoms with van der Waals surface area (Å²) in [6, 6.07) is 6.87. The summed E-state index contributed by atoms with van der Waals surface area (Å²) in [4.78, 5) is 28.7. The number of alkyl halides is 3. The average Bonchev–Trinajstić information content (AvgIpc) is 3.23. The number of nitrogens with zero attached hydrogens (tertiary/aromatic N) is 3. The summed E-state index contributed by atoms with van der Waals surface area (Å²) in [5.74, 6) is -4.37. The number of primary amides is 1. The number of nitrogens with two attached hydrogens (primary N) is 1. The van der Waals surface area contributed by atoms with Crippen LogP contribution in [-0.2, 0) is 23.9 Å². The Morgan fingerprint density at radius 2 is 1.75 bits per heavy atom. The number of hydrogen-bond donors (Lipinski definition) is 2. The second-order valence-electron chi connectivity index (χ2n) is 8.64. The standard InChI is InChI=1S/C26H18BrF6N5O2/c27-20-11-38(37-24(20)26(31,32)33)12-23(39)36-22(7-13-5-15(28)9-16(29)6-13)19-10-35-4-3-17(19)14-1-2-21(30)18(8-14)25(34)40/h1-6,8-11,22H,7,12H2,(H2,34,40)(H,36,39)/t22-/m0/s1. The van der Waals surface area contributed by atoms with Crippen LogP contribution in [-0.4, -0.2) is 26.6 Å². The molecule has 40 heavy (non-hydrogen) atoms. The predicted octanol–water partition coefficient (Wildman–Crippen LogP) is 5.34. The lowest BCUT2D eigenvalue weighted by Gasteiger charge is -2.22. The van der Waals surface area contributed by atoms with Crippen LogP contribution in [0.4, 0.5) is 26.3 Å². The Hall–Kier alpha value is -4.20. The van der Waals surface area contributed by atoms with Gasteiger partial charge in [-0.15, -0.1) is 0 Å². The molecule has 0 radical (unpaired) electrons. The van der Waals surface area contributed by atoms with E-state index in [-0.39, 0.29) is 16.5 Å². The van der Waals surface area contributed by atoms with Crippen molar-refractivity contribution in [2.75, 3.05) is 0 Å². The van der Waals surface area contributed by atoms with Crippen LogP contribution in [0.2, 0.25) is 0 Å². The second kappa shape index (κ2) is 11.5. The maximum Gasteiger partial charge on any atom is 0.436 e. The number of aromatic nitrogens is 3. The van der Waals surface area contributed by atoms with E-state index in [0.717, 1.165) is 29.1 Å². The van der Waals surface area contributed by atoms with Crippen LogP contribution < -0.4 is 11.1 Å². The molecule has 4 rings (SSSR count). The normalized spacial score (nSPS) is 12.3. The average molecular weight is 626 g/mol. The van der Waals surface area contributed by atoms with Crippen molar-refractivity contribution < 1.29 is 35.9 Å². The highest BCUT2D eigenvalue weighted by molar-refractivity contribution is 9.10. The molecule has 7 nitrogen and oxygen atoms in total. The first kappa shape index (κ1) is 28.8. The first-order valence-corrected chi connectivity index (χ1v) is 12.2. The number of halogens is 7. The zero-order chi connectivity index (χ0) is 29.2. The van der Waals surface area contributed by atoms with E-state index in [9.17, 15) is 35.9 Å². The fourth-order valence-corrected chi connectivity index (χ4v) is 4.63. The zero-order valence-electron chi connectivity index (χ0n) is 20.1. The fourth-order valence-electron chi connectivity index (χ4n) is 4.09. The van der Waals surface area contributed by atoms with Crippen molar-refractivity contribution in [1.29, 1.82) is 0 Å². The third-order valence-electron chi connectivity index (χ3n) is 5.76. The van der Waals surface area contributed by atoms with E-state index in [4.69, 9.17) is 5.73 Å². The van der Waals surface area contributed by atoms with E-state index in [0.29, 0.717) is 22.8 Å². The van der Waals surface area contributed by atoms with Gasteiger partial charge in [0.2, 0.25) is 5.91 Å². The van der Waals surface area contributed by atoms with Crippen molar-refractivity contribution in [2.24, 2.45) is 5.73 Å². The Kier molecular flexibility index (Phi) is 8.28. The van der Waals surface area contributed by atoms with Gasteiger partial charge in [0, 0.05) is 30.2 Å². The molecule has 2 aromatic heterocycles. The van der Waals surface area contributed by atoms with E-state index >= 15 is 0 Å². The zero-order valence-corrected chi connectivity index (χ0v) is 21.7. The molecule has 0 fully saturated rings. The summed E-state index contributed by atoms with van der Waals surface area (Å²) in [5, 5.41) is 6.05. The third kappa shape index (κ3) is 6.68. The minimum atomic E-state index is -4.76. The molecule has 0 saturated carbocycles. The van der Waals surface area contributed by atoms with Crippen molar-refractivity contribution in [3.8, 4) is 11.1 Å². The van der Waals surface area contributed by atoms with Crippen LogP contribution in [0, 0.1) is 17.5 Å². The van der Waals surface area contributed by atoms with Crippen LogP contribution >= 0.6 is 15.9 Å². The molecule has 3 N–H and O–H groups in total. The maximum absolute atomic E-state index is 14.1. The van der Waals surface area contributed by atoms with E-state index in [1.54, 1.807) is 0 Å². The Morgan fingerprint density at radius 3 is 2.38 bits per heavy atom. The van der Waals surface area contributed by atoms with Crippen molar-refractivity contribution in [1.82, 2.24) is 20.1 Å². The Bertz CT molecular complexity index is 1570. The lowest BCUT2D eigenvalue weighted by atomic mass is 9.92. The number of benzene rings is 2. The van der Waals surface area contributed by atoms with Gasteiger partial charge in [0.05, 0.1) is 16.1 Å². The van der Waals surface area contributed by atoms with Gasteiger partial charge < -0.3 is 11.1 Å². The van der Waals surface area contributed by atoms with Crippen LogP contribution in [0.25, 0.3) is 11.1 Å². The monoisotopic (exact) mass is 625 g/mol. The molecule has 4 aromatic rings. The predicted molar refractivity (Wildman–Crippen MR) is 134 cm³/mol. The largest absolute Gasteiger partial charge is 0.436 e. The molecule has 0 saturated heterocycles. The van der Waals surface area contributed by atoms with Gasteiger partial charge >= 0.3 is 6.18 Å². The Balaban J connectivity index is 1.72. The van der Waals surface area contributed by atoms with Crippen molar-refractivity contribution in [2.45, 2.75) is 25.2 Å². The van der Waals surface area contributed by atoms with Crippen molar-refractivity contribution in [3.05, 3.63) is 105 Å². The van der Waals surface area contributed by atoms with Gasteiger partial charge in [-0.05, 0) is 69.4 Å². The summed E-state index contributed by atoms with van der Waals surface area (Å²) < 4.78 is 81.8. The van der Waals surface area contributed by atoms with Gasteiger partial charge in [0.1, 0.15) is 24.0 Å². The molecule has 0 aliphatic heterocycles. The lowest BCUT2D eigenvalue weighted by Crippen LogP contribution is -2.33. The van der Waals surface area contributed by atoms with Gasteiger partial charge in [0.15, 0.2) is 5.69 Å². The molecule has 0 aliphatic rings. The minimum Gasteiger partial charge on any atom is -0.366 e. The summed E-state index contributed by atoms with van der Waals surface area (Å²) in [7, 11) is 0. The molecule has 2 aromatic carbocycles. The topological polar surface area (TPSA) is 103 Å². The van der Waals surface area contributed by atoms with E-state index in [1.165, 1.54) is 30.6 Å². The highest BCUT2D eigenvalue weighted by atomic mass is 79.9. The van der Waals surface area contributed by atoms with Gasteiger partial charge in [-0.1, -0.05) is 6.07 Å². The first-order valence-electron chi connectivity index (χ1n) is 11.4. The fraction of sp³-hybridized carbons (Fsp3) is 0.154.